The molecule has 5 nitrogen and oxygen atoms in total. The molecule has 0 saturated carbocycles. The van der Waals surface area contributed by atoms with Crippen molar-refractivity contribution in [2.75, 3.05) is 7.11 Å². The van der Waals surface area contributed by atoms with Gasteiger partial charge in [0.2, 0.25) is 5.76 Å². The highest BCUT2D eigenvalue weighted by Crippen LogP contribution is 2.24. The monoisotopic (exact) mass is 427 g/mol. The first kappa shape index (κ1) is 21.1. The average molecular weight is 429 g/mol. The molecule has 142 valence electrons. The van der Waals surface area contributed by atoms with Crippen LogP contribution < -0.4 is 0 Å². The maximum absolute atomic E-state index is 12.6. The predicted molar refractivity (Wildman–Crippen MR) is 105 cm³/mol. The first-order chi connectivity index (χ1) is 12.8. The summed E-state index contributed by atoms with van der Waals surface area (Å²) in [4.78, 5) is 25.4. The van der Waals surface area contributed by atoms with Gasteiger partial charge in [-0.05, 0) is 35.4 Å². The molecule has 2 rings (SSSR count). The third-order valence-electron chi connectivity index (χ3n) is 3.61. The average Bonchev–Trinajstić information content (AvgIpc) is 2.65. The maximum atomic E-state index is 12.6. The molecule has 2 aromatic carbocycles. The van der Waals surface area contributed by atoms with Crippen LogP contribution in [0.15, 0.2) is 54.3 Å². The summed E-state index contributed by atoms with van der Waals surface area (Å²) in [6.45, 7) is 0.407. The molecule has 0 aromatic heterocycles. The number of aliphatic hydroxyl groups excluding tert-OH is 1. The van der Waals surface area contributed by atoms with Gasteiger partial charge in [0.05, 0.1) is 23.2 Å². The van der Waals surface area contributed by atoms with Gasteiger partial charge in [0, 0.05) is 18.1 Å². The van der Waals surface area contributed by atoms with Crippen molar-refractivity contribution in [2.45, 2.75) is 13.1 Å². The topological polar surface area (TPSA) is 66.8 Å². The second kappa shape index (κ2) is 9.65. The largest absolute Gasteiger partial charge is 0.502 e. The van der Waals surface area contributed by atoms with Crippen LogP contribution in [0.1, 0.15) is 11.1 Å². The van der Waals surface area contributed by atoms with E-state index in [-0.39, 0.29) is 13.1 Å². The fourth-order valence-corrected chi connectivity index (χ4v) is 2.70. The van der Waals surface area contributed by atoms with Gasteiger partial charge in [0.25, 0.3) is 5.91 Å². The van der Waals surface area contributed by atoms with Crippen molar-refractivity contribution in [3.05, 3.63) is 80.5 Å². The number of methoxy groups -OCH3 is 1. The van der Waals surface area contributed by atoms with E-state index >= 15 is 0 Å². The van der Waals surface area contributed by atoms with Crippen LogP contribution in [0.5, 0.6) is 0 Å². The number of halogens is 3. The molecule has 0 heterocycles. The van der Waals surface area contributed by atoms with E-state index in [0.29, 0.717) is 15.1 Å². The van der Waals surface area contributed by atoms with Crippen molar-refractivity contribution in [1.82, 2.24) is 4.90 Å². The summed E-state index contributed by atoms with van der Waals surface area (Å²) in [6, 6.07) is 12.0. The van der Waals surface area contributed by atoms with E-state index in [4.69, 9.17) is 34.8 Å². The van der Waals surface area contributed by atoms with E-state index in [1.807, 2.05) is 0 Å². The van der Waals surface area contributed by atoms with E-state index < -0.39 is 17.6 Å². The van der Waals surface area contributed by atoms with Crippen molar-refractivity contribution in [2.24, 2.45) is 0 Å². The first-order valence-electron chi connectivity index (χ1n) is 7.76. The van der Waals surface area contributed by atoms with Crippen LogP contribution in [0, 0.1) is 0 Å². The Balaban J connectivity index is 2.28. The Labute approximate surface area is 171 Å². The van der Waals surface area contributed by atoms with Crippen LogP contribution in [0.2, 0.25) is 15.1 Å². The van der Waals surface area contributed by atoms with Crippen molar-refractivity contribution >= 4 is 46.7 Å². The molecule has 1 N–H and O–H groups in total. The predicted octanol–water partition coefficient (Wildman–Crippen LogP) is 4.79. The standard InChI is InChI=1S/C19H16Cl3NO4/c1-27-19(26)17(24)9-18(25)23(10-12-2-5-14(20)6-3-12)11-13-4-7-15(21)16(22)8-13/h2-9,24H,10-11H2,1H3. The zero-order valence-corrected chi connectivity index (χ0v) is 16.6. The molecule has 0 aliphatic heterocycles. The second-order valence-electron chi connectivity index (χ2n) is 5.59. The number of rotatable bonds is 6. The summed E-state index contributed by atoms with van der Waals surface area (Å²) in [6.07, 6.45) is 0.819. The summed E-state index contributed by atoms with van der Waals surface area (Å²) < 4.78 is 4.40. The molecule has 8 heteroatoms. The van der Waals surface area contributed by atoms with Crippen molar-refractivity contribution in [3.63, 3.8) is 0 Å². The smallest absolute Gasteiger partial charge is 0.373 e. The Hall–Kier alpha value is -2.21. The van der Waals surface area contributed by atoms with Crippen LogP contribution in [0.3, 0.4) is 0 Å². The first-order valence-corrected chi connectivity index (χ1v) is 8.89. The fraction of sp³-hybridized carbons (Fsp3) is 0.158. The molecular formula is C19H16Cl3NO4. The van der Waals surface area contributed by atoms with Gasteiger partial charge in [-0.3, -0.25) is 4.79 Å². The summed E-state index contributed by atoms with van der Waals surface area (Å²) in [7, 11) is 1.11. The van der Waals surface area contributed by atoms with Gasteiger partial charge in [-0.25, -0.2) is 4.79 Å². The number of amides is 1. The lowest BCUT2D eigenvalue weighted by Crippen LogP contribution is -2.29. The van der Waals surface area contributed by atoms with Gasteiger partial charge in [-0.15, -0.1) is 0 Å². The molecule has 27 heavy (non-hydrogen) atoms. The quantitative estimate of drug-likeness (QED) is 0.408. The molecule has 0 aliphatic rings. The molecule has 0 radical (unpaired) electrons. The number of esters is 1. The van der Waals surface area contributed by atoms with E-state index in [9.17, 15) is 14.7 Å². The minimum atomic E-state index is -0.996. The van der Waals surface area contributed by atoms with Crippen LogP contribution >= 0.6 is 34.8 Å². The van der Waals surface area contributed by atoms with E-state index in [1.165, 1.54) is 4.90 Å². The second-order valence-corrected chi connectivity index (χ2v) is 6.84. The number of ether oxygens (including phenoxy) is 1. The third-order valence-corrected chi connectivity index (χ3v) is 4.60. The Morgan fingerprint density at radius 2 is 1.59 bits per heavy atom. The molecule has 0 atom stereocenters. The van der Waals surface area contributed by atoms with Gasteiger partial charge >= 0.3 is 5.97 Å². The van der Waals surface area contributed by atoms with E-state index in [0.717, 1.165) is 24.3 Å². The van der Waals surface area contributed by atoms with E-state index in [1.54, 1.807) is 42.5 Å². The number of carbonyl (C=O) groups is 2. The number of hydrogen-bond donors (Lipinski definition) is 1. The minimum Gasteiger partial charge on any atom is -0.502 e. The van der Waals surface area contributed by atoms with Gasteiger partial charge < -0.3 is 14.7 Å². The molecule has 0 bridgehead atoms. The van der Waals surface area contributed by atoms with Crippen LogP contribution in [0.25, 0.3) is 0 Å². The highest BCUT2D eigenvalue weighted by Gasteiger charge is 2.17. The van der Waals surface area contributed by atoms with Gasteiger partial charge in [-0.2, -0.15) is 0 Å². The van der Waals surface area contributed by atoms with Gasteiger partial charge in [0.15, 0.2) is 0 Å². The van der Waals surface area contributed by atoms with Crippen molar-refractivity contribution < 1.29 is 19.4 Å². The molecule has 0 unspecified atom stereocenters. The summed E-state index contributed by atoms with van der Waals surface area (Å²) in [5.41, 5.74) is 1.55. The molecule has 0 fully saturated rings. The fourth-order valence-electron chi connectivity index (χ4n) is 2.25. The number of hydrogen-bond acceptors (Lipinski definition) is 4. The van der Waals surface area contributed by atoms with Gasteiger partial charge in [0.1, 0.15) is 0 Å². The molecule has 2 aromatic rings. The Bertz CT molecular complexity index is 866. The summed E-state index contributed by atoms with van der Waals surface area (Å²) >= 11 is 17.9. The van der Waals surface area contributed by atoms with Crippen molar-refractivity contribution in [3.8, 4) is 0 Å². The Morgan fingerprint density at radius 3 is 2.19 bits per heavy atom. The SMILES string of the molecule is COC(=O)C(O)=CC(=O)N(Cc1ccc(Cl)cc1)Cc1ccc(Cl)c(Cl)c1. The number of aliphatic hydroxyl groups is 1. The normalized spacial score (nSPS) is 11.2. The number of benzene rings is 2. The van der Waals surface area contributed by atoms with Crippen LogP contribution in [0.4, 0.5) is 0 Å². The molecule has 1 amide bonds. The van der Waals surface area contributed by atoms with Crippen LogP contribution in [-0.2, 0) is 27.4 Å². The number of carbonyl (C=O) groups excluding carboxylic acids is 2. The lowest BCUT2D eigenvalue weighted by molar-refractivity contribution is -0.139. The van der Waals surface area contributed by atoms with E-state index in [2.05, 4.69) is 4.74 Å². The maximum Gasteiger partial charge on any atom is 0.373 e. The highest BCUT2D eigenvalue weighted by atomic mass is 35.5. The number of nitrogens with zero attached hydrogens (tertiary/aromatic N) is 1. The highest BCUT2D eigenvalue weighted by molar-refractivity contribution is 6.42. The Kier molecular flexibility index (Phi) is 7.54. The molecule has 0 spiro atoms. The van der Waals surface area contributed by atoms with Gasteiger partial charge in [-0.1, -0.05) is 53.0 Å². The third kappa shape index (κ3) is 6.17. The molecule has 0 aliphatic carbocycles. The zero-order valence-electron chi connectivity index (χ0n) is 14.3. The minimum absolute atomic E-state index is 0.184. The van der Waals surface area contributed by atoms with Crippen LogP contribution in [-0.4, -0.2) is 29.0 Å². The summed E-state index contributed by atoms with van der Waals surface area (Å²) in [5.74, 6) is -2.35. The van der Waals surface area contributed by atoms with Crippen molar-refractivity contribution in [1.29, 1.82) is 0 Å². The zero-order chi connectivity index (χ0) is 20.0. The molecule has 0 saturated heterocycles. The Morgan fingerprint density at radius 1 is 1.00 bits per heavy atom. The lowest BCUT2D eigenvalue weighted by Gasteiger charge is -2.22. The summed E-state index contributed by atoms with van der Waals surface area (Å²) in [5, 5.41) is 11.0. The molecular weight excluding hydrogens is 413 g/mol. The lowest BCUT2D eigenvalue weighted by atomic mass is 10.1.